The van der Waals surface area contributed by atoms with Crippen molar-refractivity contribution in [1.82, 2.24) is 0 Å². The lowest BCUT2D eigenvalue weighted by atomic mass is 9.94. The molecule has 118 valence electrons. The van der Waals surface area contributed by atoms with E-state index in [1.165, 1.54) is 17.7 Å². The summed E-state index contributed by atoms with van der Waals surface area (Å²) in [6, 6.07) is 6.37. The number of nitrogens with two attached hydrogens (primary N) is 1. The molecule has 1 unspecified atom stereocenters. The molecular weight excluding hydrogens is 314 g/mol. The Morgan fingerprint density at radius 1 is 1.38 bits per heavy atom. The molecular formula is C13H14ClF4NO2. The molecule has 1 aromatic carbocycles. The van der Waals surface area contributed by atoms with Crippen LogP contribution in [-0.4, -0.2) is 23.8 Å². The van der Waals surface area contributed by atoms with Gasteiger partial charge in [-0.1, -0.05) is 30.7 Å². The van der Waals surface area contributed by atoms with Crippen molar-refractivity contribution < 1.29 is 27.5 Å². The van der Waals surface area contributed by atoms with Gasteiger partial charge in [-0.25, -0.2) is 9.18 Å². The SMILES string of the molecule is CC(/C(=C\Cl)CN)c1ccc(F)cc1.O=C(O)C(F)(F)F. The van der Waals surface area contributed by atoms with Crippen LogP contribution in [0.25, 0.3) is 0 Å². The second-order valence-corrected chi connectivity index (χ2v) is 4.18. The number of carboxylic acids is 1. The standard InChI is InChI=1S/C11H13ClFN.C2HF3O2/c1-8(10(6-12)7-14)9-2-4-11(13)5-3-9;3-2(4,5)1(6)7/h2-6,8H,7,14H2,1H3;(H,6,7)/b10-6-;. The lowest BCUT2D eigenvalue weighted by Gasteiger charge is -2.13. The first-order chi connectivity index (χ1) is 9.63. The number of hydrogen-bond acceptors (Lipinski definition) is 2. The summed E-state index contributed by atoms with van der Waals surface area (Å²) < 4.78 is 44.4. The maximum Gasteiger partial charge on any atom is 0.490 e. The maximum atomic E-state index is 12.6. The average molecular weight is 328 g/mol. The van der Waals surface area contributed by atoms with Crippen molar-refractivity contribution in [1.29, 1.82) is 0 Å². The highest BCUT2D eigenvalue weighted by Crippen LogP contribution is 2.23. The van der Waals surface area contributed by atoms with Crippen molar-refractivity contribution in [3.8, 4) is 0 Å². The molecule has 21 heavy (non-hydrogen) atoms. The molecule has 0 aliphatic rings. The van der Waals surface area contributed by atoms with Crippen LogP contribution in [0.15, 0.2) is 35.4 Å². The van der Waals surface area contributed by atoms with Crippen LogP contribution in [0.4, 0.5) is 17.6 Å². The Morgan fingerprint density at radius 2 is 1.81 bits per heavy atom. The molecule has 0 radical (unpaired) electrons. The number of halogens is 5. The zero-order chi connectivity index (χ0) is 16.6. The minimum atomic E-state index is -5.08. The molecule has 1 aromatic rings. The second kappa shape index (κ2) is 8.63. The van der Waals surface area contributed by atoms with E-state index in [-0.39, 0.29) is 11.7 Å². The van der Waals surface area contributed by atoms with Gasteiger partial charge in [-0.2, -0.15) is 13.2 Å². The number of aliphatic carboxylic acids is 1. The summed E-state index contributed by atoms with van der Waals surface area (Å²) >= 11 is 5.63. The van der Waals surface area contributed by atoms with Crippen molar-refractivity contribution in [2.75, 3.05) is 6.54 Å². The van der Waals surface area contributed by atoms with Gasteiger partial charge in [0.25, 0.3) is 0 Å². The Kier molecular flexibility index (Phi) is 7.98. The fourth-order valence-electron chi connectivity index (χ4n) is 1.28. The summed E-state index contributed by atoms with van der Waals surface area (Å²) in [6.07, 6.45) is -5.08. The molecule has 1 atom stereocenters. The van der Waals surface area contributed by atoms with Gasteiger partial charge in [0.05, 0.1) is 0 Å². The smallest absolute Gasteiger partial charge is 0.475 e. The average Bonchev–Trinajstić information content (AvgIpc) is 2.40. The molecule has 0 saturated heterocycles. The van der Waals surface area contributed by atoms with Crippen LogP contribution >= 0.6 is 11.6 Å². The van der Waals surface area contributed by atoms with E-state index in [2.05, 4.69) is 0 Å². The summed E-state index contributed by atoms with van der Waals surface area (Å²) in [6.45, 7) is 2.41. The van der Waals surface area contributed by atoms with Gasteiger partial charge >= 0.3 is 12.1 Å². The zero-order valence-electron chi connectivity index (χ0n) is 11.0. The number of carbonyl (C=O) groups is 1. The first-order valence-corrected chi connectivity index (χ1v) is 6.11. The van der Waals surface area contributed by atoms with E-state index in [4.69, 9.17) is 27.2 Å². The van der Waals surface area contributed by atoms with Gasteiger partial charge in [0.15, 0.2) is 0 Å². The Labute approximate surface area is 124 Å². The summed E-state index contributed by atoms with van der Waals surface area (Å²) in [7, 11) is 0. The summed E-state index contributed by atoms with van der Waals surface area (Å²) in [4.78, 5) is 8.90. The highest BCUT2D eigenvalue weighted by Gasteiger charge is 2.38. The van der Waals surface area contributed by atoms with Crippen LogP contribution in [0.2, 0.25) is 0 Å². The molecule has 1 rings (SSSR count). The van der Waals surface area contributed by atoms with Crippen molar-refractivity contribution in [2.24, 2.45) is 5.73 Å². The number of alkyl halides is 3. The van der Waals surface area contributed by atoms with Crippen LogP contribution < -0.4 is 5.73 Å². The van der Waals surface area contributed by atoms with E-state index < -0.39 is 12.1 Å². The molecule has 0 aliphatic carbocycles. The predicted molar refractivity (Wildman–Crippen MR) is 71.5 cm³/mol. The van der Waals surface area contributed by atoms with Crippen LogP contribution in [-0.2, 0) is 4.79 Å². The monoisotopic (exact) mass is 327 g/mol. The van der Waals surface area contributed by atoms with E-state index in [9.17, 15) is 17.6 Å². The molecule has 0 aromatic heterocycles. The third-order valence-electron chi connectivity index (χ3n) is 2.54. The van der Waals surface area contributed by atoms with Gasteiger partial charge in [-0.15, -0.1) is 0 Å². The molecule has 0 spiro atoms. The molecule has 0 fully saturated rings. The molecule has 0 aliphatic heterocycles. The van der Waals surface area contributed by atoms with Crippen LogP contribution in [0, 0.1) is 5.82 Å². The minimum Gasteiger partial charge on any atom is -0.475 e. The molecule has 3 N–H and O–H groups in total. The van der Waals surface area contributed by atoms with Crippen molar-refractivity contribution >= 4 is 17.6 Å². The van der Waals surface area contributed by atoms with E-state index in [1.807, 2.05) is 6.92 Å². The molecule has 0 saturated carbocycles. The Hall–Kier alpha value is -1.60. The molecule has 3 nitrogen and oxygen atoms in total. The largest absolute Gasteiger partial charge is 0.490 e. The Bertz CT molecular complexity index is 486. The van der Waals surface area contributed by atoms with Crippen molar-refractivity contribution in [2.45, 2.75) is 19.0 Å². The third-order valence-corrected chi connectivity index (χ3v) is 2.82. The van der Waals surface area contributed by atoms with Crippen molar-refractivity contribution in [3.05, 3.63) is 46.8 Å². The minimum absolute atomic E-state index is 0.137. The lowest BCUT2D eigenvalue weighted by molar-refractivity contribution is -0.192. The topological polar surface area (TPSA) is 63.3 Å². The van der Waals surface area contributed by atoms with E-state index >= 15 is 0 Å². The Balaban J connectivity index is 0.000000486. The molecule has 0 heterocycles. The molecule has 0 amide bonds. The van der Waals surface area contributed by atoms with Crippen LogP contribution in [0.1, 0.15) is 18.4 Å². The fraction of sp³-hybridized carbons (Fsp3) is 0.308. The third kappa shape index (κ3) is 7.10. The highest BCUT2D eigenvalue weighted by atomic mass is 35.5. The van der Waals surface area contributed by atoms with E-state index in [0.717, 1.165) is 11.1 Å². The first kappa shape index (κ1) is 19.4. The maximum absolute atomic E-state index is 12.6. The van der Waals surface area contributed by atoms with Gasteiger partial charge in [0, 0.05) is 18.0 Å². The van der Waals surface area contributed by atoms with Crippen LogP contribution in [0.3, 0.4) is 0 Å². The van der Waals surface area contributed by atoms with E-state index in [0.29, 0.717) is 6.54 Å². The number of benzene rings is 1. The lowest BCUT2D eigenvalue weighted by Crippen LogP contribution is -2.21. The highest BCUT2D eigenvalue weighted by molar-refractivity contribution is 6.25. The predicted octanol–water partition coefficient (Wildman–Crippen LogP) is 3.64. The van der Waals surface area contributed by atoms with Gasteiger partial charge in [-0.05, 0) is 23.3 Å². The number of carboxylic acid groups (broad SMARTS) is 1. The summed E-state index contributed by atoms with van der Waals surface area (Å²) in [5.74, 6) is -2.85. The van der Waals surface area contributed by atoms with E-state index in [1.54, 1.807) is 12.1 Å². The quantitative estimate of drug-likeness (QED) is 0.833. The molecule has 8 heteroatoms. The van der Waals surface area contributed by atoms with Gasteiger partial charge in [-0.3, -0.25) is 0 Å². The van der Waals surface area contributed by atoms with Gasteiger partial charge < -0.3 is 10.8 Å². The van der Waals surface area contributed by atoms with Gasteiger partial charge in [0.2, 0.25) is 0 Å². The number of rotatable bonds is 3. The molecule has 0 bridgehead atoms. The van der Waals surface area contributed by atoms with Crippen molar-refractivity contribution in [3.63, 3.8) is 0 Å². The summed E-state index contributed by atoms with van der Waals surface area (Å²) in [5, 5.41) is 7.12. The Morgan fingerprint density at radius 3 is 2.10 bits per heavy atom. The number of hydrogen-bond donors (Lipinski definition) is 2. The second-order valence-electron chi connectivity index (χ2n) is 3.96. The zero-order valence-corrected chi connectivity index (χ0v) is 11.7. The van der Waals surface area contributed by atoms with Crippen LogP contribution in [0.5, 0.6) is 0 Å². The summed E-state index contributed by atoms with van der Waals surface area (Å²) in [5.41, 5.74) is 8.98. The fourth-order valence-corrected chi connectivity index (χ4v) is 1.56. The normalized spacial score (nSPS) is 13.2. The first-order valence-electron chi connectivity index (χ1n) is 5.68. The van der Waals surface area contributed by atoms with Gasteiger partial charge in [0.1, 0.15) is 5.82 Å².